The minimum Gasteiger partial charge on any atom is -0.330 e. The number of rotatable bonds is 5. The standard InChI is InChI=1S/C15H17N3O2/c1-11(5-6-16)13-7-14(10-17-9-13)12-3-2-4-15(8-12)18(19)20/h2-4,7-11H,5-6,16H2,1H3. The highest BCUT2D eigenvalue weighted by Crippen LogP contribution is 2.26. The zero-order valence-electron chi connectivity index (χ0n) is 11.3. The van der Waals surface area contributed by atoms with E-state index in [1.54, 1.807) is 18.3 Å². The van der Waals surface area contributed by atoms with Crippen molar-refractivity contribution in [2.24, 2.45) is 5.73 Å². The number of nitrogens with two attached hydrogens (primary N) is 1. The highest BCUT2D eigenvalue weighted by Gasteiger charge is 2.10. The van der Waals surface area contributed by atoms with E-state index in [0.29, 0.717) is 12.5 Å². The number of aromatic nitrogens is 1. The van der Waals surface area contributed by atoms with E-state index in [1.165, 1.54) is 6.07 Å². The van der Waals surface area contributed by atoms with Gasteiger partial charge in [-0.25, -0.2) is 0 Å². The summed E-state index contributed by atoms with van der Waals surface area (Å²) in [6, 6.07) is 8.60. The molecule has 1 aromatic heterocycles. The number of non-ortho nitro benzene ring substituents is 1. The molecule has 1 aromatic carbocycles. The van der Waals surface area contributed by atoms with E-state index in [0.717, 1.165) is 23.1 Å². The fraction of sp³-hybridized carbons (Fsp3) is 0.267. The van der Waals surface area contributed by atoms with E-state index in [4.69, 9.17) is 5.73 Å². The lowest BCUT2D eigenvalue weighted by Gasteiger charge is -2.11. The van der Waals surface area contributed by atoms with Crippen LogP contribution in [-0.4, -0.2) is 16.5 Å². The van der Waals surface area contributed by atoms with E-state index in [2.05, 4.69) is 11.9 Å². The molecule has 0 fully saturated rings. The first kappa shape index (κ1) is 14.1. The number of hydrogen-bond acceptors (Lipinski definition) is 4. The highest BCUT2D eigenvalue weighted by atomic mass is 16.6. The molecule has 0 spiro atoms. The lowest BCUT2D eigenvalue weighted by atomic mass is 9.96. The molecule has 5 nitrogen and oxygen atoms in total. The first-order valence-electron chi connectivity index (χ1n) is 6.51. The van der Waals surface area contributed by atoms with Gasteiger partial charge in [0.25, 0.3) is 5.69 Å². The summed E-state index contributed by atoms with van der Waals surface area (Å²) < 4.78 is 0. The Bertz CT molecular complexity index is 614. The summed E-state index contributed by atoms with van der Waals surface area (Å²) >= 11 is 0. The third-order valence-electron chi connectivity index (χ3n) is 3.32. The van der Waals surface area contributed by atoms with Crippen LogP contribution in [0.5, 0.6) is 0 Å². The Morgan fingerprint density at radius 3 is 2.80 bits per heavy atom. The maximum absolute atomic E-state index is 10.8. The molecule has 2 N–H and O–H groups in total. The molecule has 0 aliphatic rings. The number of pyridine rings is 1. The van der Waals surface area contributed by atoms with Gasteiger partial charge in [-0.15, -0.1) is 0 Å². The second-order valence-electron chi connectivity index (χ2n) is 4.79. The summed E-state index contributed by atoms with van der Waals surface area (Å²) in [6.45, 7) is 2.73. The first-order chi connectivity index (χ1) is 9.61. The zero-order chi connectivity index (χ0) is 14.5. The van der Waals surface area contributed by atoms with Crippen LogP contribution in [0, 0.1) is 10.1 Å². The molecular weight excluding hydrogens is 254 g/mol. The van der Waals surface area contributed by atoms with Crippen LogP contribution in [0.2, 0.25) is 0 Å². The van der Waals surface area contributed by atoms with Crippen LogP contribution in [0.1, 0.15) is 24.8 Å². The van der Waals surface area contributed by atoms with Crippen LogP contribution in [0.3, 0.4) is 0 Å². The monoisotopic (exact) mass is 271 g/mol. The van der Waals surface area contributed by atoms with Gasteiger partial charge in [0, 0.05) is 30.1 Å². The predicted octanol–water partition coefficient (Wildman–Crippen LogP) is 3.11. The molecule has 0 aliphatic carbocycles. The van der Waals surface area contributed by atoms with Crippen LogP contribution in [0.4, 0.5) is 5.69 Å². The maximum Gasteiger partial charge on any atom is 0.270 e. The topological polar surface area (TPSA) is 82.0 Å². The summed E-state index contributed by atoms with van der Waals surface area (Å²) in [5, 5.41) is 10.8. The van der Waals surface area contributed by atoms with E-state index < -0.39 is 4.92 Å². The van der Waals surface area contributed by atoms with Crippen molar-refractivity contribution in [3.8, 4) is 11.1 Å². The second kappa shape index (κ2) is 6.25. The molecule has 20 heavy (non-hydrogen) atoms. The molecule has 2 aromatic rings. The molecule has 1 atom stereocenters. The maximum atomic E-state index is 10.8. The number of nitrogens with zero attached hydrogens (tertiary/aromatic N) is 2. The van der Waals surface area contributed by atoms with Gasteiger partial charge in [-0.1, -0.05) is 19.1 Å². The van der Waals surface area contributed by atoms with E-state index in [1.807, 2.05) is 18.3 Å². The Morgan fingerprint density at radius 2 is 2.10 bits per heavy atom. The predicted molar refractivity (Wildman–Crippen MR) is 78.4 cm³/mol. The minimum atomic E-state index is -0.391. The third kappa shape index (κ3) is 3.19. The highest BCUT2D eigenvalue weighted by molar-refractivity contribution is 5.65. The Balaban J connectivity index is 2.35. The Labute approximate surface area is 117 Å². The average Bonchev–Trinajstić information content (AvgIpc) is 2.48. The van der Waals surface area contributed by atoms with Crippen molar-refractivity contribution in [2.45, 2.75) is 19.3 Å². The fourth-order valence-corrected chi connectivity index (χ4v) is 2.10. The molecule has 0 saturated heterocycles. The van der Waals surface area contributed by atoms with Gasteiger partial charge in [0.1, 0.15) is 0 Å². The van der Waals surface area contributed by atoms with Gasteiger partial charge < -0.3 is 5.73 Å². The lowest BCUT2D eigenvalue weighted by molar-refractivity contribution is -0.384. The first-order valence-corrected chi connectivity index (χ1v) is 6.51. The molecule has 0 amide bonds. The van der Waals surface area contributed by atoms with Crippen LogP contribution in [0.15, 0.2) is 42.7 Å². The van der Waals surface area contributed by atoms with Gasteiger partial charge in [0.2, 0.25) is 0 Å². The molecular formula is C15H17N3O2. The van der Waals surface area contributed by atoms with Crippen molar-refractivity contribution in [1.82, 2.24) is 4.98 Å². The fourth-order valence-electron chi connectivity index (χ4n) is 2.10. The molecule has 0 saturated carbocycles. The summed E-state index contributed by atoms with van der Waals surface area (Å²) in [5.74, 6) is 0.325. The largest absolute Gasteiger partial charge is 0.330 e. The lowest BCUT2D eigenvalue weighted by Crippen LogP contribution is -2.04. The smallest absolute Gasteiger partial charge is 0.270 e. The normalized spacial score (nSPS) is 12.1. The van der Waals surface area contributed by atoms with Gasteiger partial charge in [0.05, 0.1) is 4.92 Å². The SMILES string of the molecule is CC(CCN)c1cncc(-c2cccc([N+](=O)[O-])c2)c1. The molecule has 0 bridgehead atoms. The molecule has 1 heterocycles. The third-order valence-corrected chi connectivity index (χ3v) is 3.32. The van der Waals surface area contributed by atoms with Crippen LogP contribution < -0.4 is 5.73 Å². The number of hydrogen-bond donors (Lipinski definition) is 1. The van der Waals surface area contributed by atoms with Crippen LogP contribution in [0.25, 0.3) is 11.1 Å². The van der Waals surface area contributed by atoms with E-state index >= 15 is 0 Å². The van der Waals surface area contributed by atoms with E-state index in [9.17, 15) is 10.1 Å². The Hall–Kier alpha value is -2.27. The van der Waals surface area contributed by atoms with Crippen molar-refractivity contribution in [3.63, 3.8) is 0 Å². The summed E-state index contributed by atoms with van der Waals surface area (Å²) in [5.41, 5.74) is 8.44. The summed E-state index contributed by atoms with van der Waals surface area (Å²) in [6.07, 6.45) is 4.43. The molecule has 104 valence electrons. The molecule has 2 rings (SSSR count). The average molecular weight is 271 g/mol. The van der Waals surface area contributed by atoms with Crippen molar-refractivity contribution in [3.05, 3.63) is 58.4 Å². The van der Waals surface area contributed by atoms with Gasteiger partial charge in [-0.05, 0) is 36.1 Å². The summed E-state index contributed by atoms with van der Waals surface area (Å²) in [7, 11) is 0. The Kier molecular flexibility index (Phi) is 4.42. The Morgan fingerprint density at radius 1 is 1.30 bits per heavy atom. The van der Waals surface area contributed by atoms with Crippen molar-refractivity contribution < 1.29 is 4.92 Å². The molecule has 5 heteroatoms. The molecule has 0 aliphatic heterocycles. The molecule has 1 unspecified atom stereocenters. The van der Waals surface area contributed by atoms with Gasteiger partial charge in [-0.2, -0.15) is 0 Å². The second-order valence-corrected chi connectivity index (χ2v) is 4.79. The van der Waals surface area contributed by atoms with Crippen LogP contribution in [-0.2, 0) is 0 Å². The van der Waals surface area contributed by atoms with Crippen molar-refractivity contribution in [2.75, 3.05) is 6.54 Å². The van der Waals surface area contributed by atoms with Crippen LogP contribution >= 0.6 is 0 Å². The minimum absolute atomic E-state index is 0.0860. The number of nitro groups is 1. The van der Waals surface area contributed by atoms with Gasteiger partial charge >= 0.3 is 0 Å². The van der Waals surface area contributed by atoms with Crippen molar-refractivity contribution in [1.29, 1.82) is 0 Å². The quantitative estimate of drug-likeness (QED) is 0.669. The molecule has 0 radical (unpaired) electrons. The summed E-state index contributed by atoms with van der Waals surface area (Å²) in [4.78, 5) is 14.7. The zero-order valence-corrected chi connectivity index (χ0v) is 11.3. The number of benzene rings is 1. The van der Waals surface area contributed by atoms with Crippen molar-refractivity contribution >= 4 is 5.69 Å². The van der Waals surface area contributed by atoms with E-state index in [-0.39, 0.29) is 5.69 Å². The van der Waals surface area contributed by atoms with Gasteiger partial charge in [-0.3, -0.25) is 15.1 Å². The number of nitro benzene ring substituents is 1. The van der Waals surface area contributed by atoms with Gasteiger partial charge in [0.15, 0.2) is 0 Å².